The number of likely N-dealkylation sites (tertiary alicyclic amines) is 1. The Kier molecular flexibility index (Phi) is 5.60. The fraction of sp³-hybridized carbons (Fsp3) is 0.588. The molecule has 0 aromatic heterocycles. The molecular weight excluding hydrogens is 250 g/mol. The van der Waals surface area contributed by atoms with E-state index in [1.807, 2.05) is 24.3 Å². The van der Waals surface area contributed by atoms with Gasteiger partial charge in [-0.2, -0.15) is 0 Å². The standard InChI is InChI=1S/C17H25NO2/c1-3-16-7-5-4-6-12-18(16)13-14-8-10-15(11-9-14)17(19)20-2/h8-11,16H,3-7,12-13H2,1-2H3. The quantitative estimate of drug-likeness (QED) is 0.786. The number of hydrogen-bond acceptors (Lipinski definition) is 3. The van der Waals surface area contributed by atoms with Gasteiger partial charge in [-0.1, -0.05) is 31.9 Å². The van der Waals surface area contributed by atoms with E-state index >= 15 is 0 Å². The van der Waals surface area contributed by atoms with E-state index in [2.05, 4.69) is 11.8 Å². The second-order valence-corrected chi connectivity index (χ2v) is 5.57. The molecule has 1 heterocycles. The number of esters is 1. The summed E-state index contributed by atoms with van der Waals surface area (Å²) < 4.78 is 4.73. The summed E-state index contributed by atoms with van der Waals surface area (Å²) >= 11 is 0. The maximum Gasteiger partial charge on any atom is 0.337 e. The Morgan fingerprint density at radius 2 is 2.00 bits per heavy atom. The van der Waals surface area contributed by atoms with Gasteiger partial charge in [-0.05, 0) is 43.5 Å². The minimum atomic E-state index is -0.266. The fourth-order valence-corrected chi connectivity index (χ4v) is 3.01. The molecule has 20 heavy (non-hydrogen) atoms. The maximum absolute atomic E-state index is 11.4. The fourth-order valence-electron chi connectivity index (χ4n) is 3.01. The van der Waals surface area contributed by atoms with Gasteiger partial charge in [0.25, 0.3) is 0 Å². The van der Waals surface area contributed by atoms with Gasteiger partial charge in [0.15, 0.2) is 0 Å². The average Bonchev–Trinajstić information content (AvgIpc) is 2.72. The molecule has 1 aliphatic rings. The third kappa shape index (κ3) is 3.83. The number of carbonyl (C=O) groups is 1. The molecule has 110 valence electrons. The average molecular weight is 275 g/mol. The number of carbonyl (C=O) groups excluding carboxylic acids is 1. The first kappa shape index (κ1) is 15.0. The highest BCUT2D eigenvalue weighted by Crippen LogP contribution is 2.21. The monoisotopic (exact) mass is 275 g/mol. The molecule has 1 aromatic carbocycles. The summed E-state index contributed by atoms with van der Waals surface area (Å²) in [5, 5.41) is 0. The molecule has 1 fully saturated rings. The van der Waals surface area contributed by atoms with Gasteiger partial charge in [-0.25, -0.2) is 4.79 Å². The van der Waals surface area contributed by atoms with Gasteiger partial charge in [0, 0.05) is 12.6 Å². The number of rotatable bonds is 4. The van der Waals surface area contributed by atoms with Crippen LogP contribution in [0.25, 0.3) is 0 Å². The van der Waals surface area contributed by atoms with Gasteiger partial charge >= 0.3 is 5.97 Å². The molecule has 3 nitrogen and oxygen atoms in total. The summed E-state index contributed by atoms with van der Waals surface area (Å²) in [6, 6.07) is 8.52. The molecule has 1 unspecified atom stereocenters. The summed E-state index contributed by atoms with van der Waals surface area (Å²) in [7, 11) is 1.42. The van der Waals surface area contributed by atoms with Gasteiger partial charge in [0.1, 0.15) is 0 Å². The predicted octanol–water partition coefficient (Wildman–Crippen LogP) is 3.63. The number of benzene rings is 1. The Hall–Kier alpha value is -1.35. The summed E-state index contributed by atoms with van der Waals surface area (Å²) in [5.41, 5.74) is 1.90. The molecule has 0 amide bonds. The van der Waals surface area contributed by atoms with E-state index in [0.29, 0.717) is 11.6 Å². The number of methoxy groups -OCH3 is 1. The second kappa shape index (κ2) is 7.44. The molecule has 0 spiro atoms. The summed E-state index contributed by atoms with van der Waals surface area (Å²) in [4.78, 5) is 14.0. The van der Waals surface area contributed by atoms with Crippen LogP contribution >= 0.6 is 0 Å². The van der Waals surface area contributed by atoms with Crippen LogP contribution in [0.3, 0.4) is 0 Å². The third-order valence-electron chi connectivity index (χ3n) is 4.23. The number of nitrogens with zero attached hydrogens (tertiary/aromatic N) is 1. The molecule has 0 radical (unpaired) electrons. The largest absolute Gasteiger partial charge is 0.465 e. The molecular formula is C17H25NO2. The first-order chi connectivity index (χ1) is 9.74. The van der Waals surface area contributed by atoms with E-state index in [1.54, 1.807) is 0 Å². The van der Waals surface area contributed by atoms with Crippen LogP contribution in [0.15, 0.2) is 24.3 Å². The Labute approximate surface area is 121 Å². The van der Waals surface area contributed by atoms with Crippen molar-refractivity contribution in [3.05, 3.63) is 35.4 Å². The summed E-state index contributed by atoms with van der Waals surface area (Å²) in [6.07, 6.45) is 6.55. The Balaban J connectivity index is 2.02. The van der Waals surface area contributed by atoms with E-state index in [-0.39, 0.29) is 5.97 Å². The minimum absolute atomic E-state index is 0.266. The Bertz CT molecular complexity index is 427. The van der Waals surface area contributed by atoms with Crippen LogP contribution in [-0.4, -0.2) is 30.6 Å². The van der Waals surface area contributed by atoms with Crippen molar-refractivity contribution in [1.82, 2.24) is 4.90 Å². The molecule has 0 saturated carbocycles. The van der Waals surface area contributed by atoms with Crippen molar-refractivity contribution in [2.45, 2.75) is 51.6 Å². The van der Waals surface area contributed by atoms with Crippen LogP contribution in [-0.2, 0) is 11.3 Å². The zero-order valence-corrected chi connectivity index (χ0v) is 12.6. The van der Waals surface area contributed by atoms with Crippen LogP contribution in [0.5, 0.6) is 0 Å². The van der Waals surface area contributed by atoms with Crippen molar-refractivity contribution in [3.63, 3.8) is 0 Å². The molecule has 1 atom stereocenters. The highest BCUT2D eigenvalue weighted by molar-refractivity contribution is 5.89. The van der Waals surface area contributed by atoms with Crippen LogP contribution in [0.2, 0.25) is 0 Å². The van der Waals surface area contributed by atoms with Crippen LogP contribution in [0.4, 0.5) is 0 Å². The highest BCUT2D eigenvalue weighted by Gasteiger charge is 2.19. The minimum Gasteiger partial charge on any atom is -0.465 e. The van der Waals surface area contributed by atoms with Crippen LogP contribution < -0.4 is 0 Å². The van der Waals surface area contributed by atoms with Gasteiger partial charge < -0.3 is 4.74 Å². The van der Waals surface area contributed by atoms with E-state index in [0.717, 1.165) is 6.54 Å². The Morgan fingerprint density at radius 1 is 1.25 bits per heavy atom. The van der Waals surface area contributed by atoms with E-state index in [1.165, 1.54) is 51.3 Å². The first-order valence-corrected chi connectivity index (χ1v) is 7.66. The lowest BCUT2D eigenvalue weighted by atomic mass is 10.1. The van der Waals surface area contributed by atoms with Crippen LogP contribution in [0, 0.1) is 0 Å². The van der Waals surface area contributed by atoms with E-state index in [4.69, 9.17) is 4.74 Å². The molecule has 1 aliphatic heterocycles. The number of hydrogen-bond donors (Lipinski definition) is 0. The van der Waals surface area contributed by atoms with Crippen molar-refractivity contribution in [2.24, 2.45) is 0 Å². The summed E-state index contributed by atoms with van der Waals surface area (Å²) in [6.45, 7) is 4.46. The molecule has 1 saturated heterocycles. The zero-order valence-electron chi connectivity index (χ0n) is 12.6. The Morgan fingerprint density at radius 3 is 2.65 bits per heavy atom. The normalized spacial score (nSPS) is 20.4. The third-order valence-corrected chi connectivity index (χ3v) is 4.23. The van der Waals surface area contributed by atoms with Crippen molar-refractivity contribution >= 4 is 5.97 Å². The lowest BCUT2D eigenvalue weighted by Gasteiger charge is -2.29. The van der Waals surface area contributed by atoms with E-state index in [9.17, 15) is 4.79 Å². The second-order valence-electron chi connectivity index (χ2n) is 5.57. The summed E-state index contributed by atoms with van der Waals surface area (Å²) in [5.74, 6) is -0.266. The van der Waals surface area contributed by atoms with Gasteiger partial charge in [0.05, 0.1) is 12.7 Å². The maximum atomic E-state index is 11.4. The van der Waals surface area contributed by atoms with Gasteiger partial charge in [0.2, 0.25) is 0 Å². The topological polar surface area (TPSA) is 29.5 Å². The molecule has 0 N–H and O–H groups in total. The zero-order chi connectivity index (χ0) is 14.4. The van der Waals surface area contributed by atoms with E-state index < -0.39 is 0 Å². The SMILES string of the molecule is CCC1CCCCCN1Cc1ccc(C(=O)OC)cc1. The molecule has 2 rings (SSSR count). The predicted molar refractivity (Wildman–Crippen MR) is 80.7 cm³/mol. The van der Waals surface area contributed by atoms with Crippen molar-refractivity contribution < 1.29 is 9.53 Å². The lowest BCUT2D eigenvalue weighted by Crippen LogP contribution is -2.33. The molecule has 0 aliphatic carbocycles. The highest BCUT2D eigenvalue weighted by atomic mass is 16.5. The lowest BCUT2D eigenvalue weighted by molar-refractivity contribution is 0.0600. The van der Waals surface area contributed by atoms with Gasteiger partial charge in [-0.3, -0.25) is 4.90 Å². The smallest absolute Gasteiger partial charge is 0.337 e. The number of ether oxygens (including phenoxy) is 1. The molecule has 3 heteroatoms. The van der Waals surface area contributed by atoms with Crippen molar-refractivity contribution in [1.29, 1.82) is 0 Å². The molecule has 0 bridgehead atoms. The van der Waals surface area contributed by atoms with Crippen LogP contribution in [0.1, 0.15) is 54.9 Å². The molecule has 1 aromatic rings. The van der Waals surface area contributed by atoms with Crippen molar-refractivity contribution in [3.8, 4) is 0 Å². The van der Waals surface area contributed by atoms with Gasteiger partial charge in [-0.15, -0.1) is 0 Å². The first-order valence-electron chi connectivity index (χ1n) is 7.66. The van der Waals surface area contributed by atoms with Crippen molar-refractivity contribution in [2.75, 3.05) is 13.7 Å².